The summed E-state index contributed by atoms with van der Waals surface area (Å²) in [7, 11) is 3.00. The summed E-state index contributed by atoms with van der Waals surface area (Å²) in [5.41, 5.74) is -1.03. The Kier molecular flexibility index (Phi) is 17.4. The number of esters is 5. The molecule has 52 heavy (non-hydrogen) atoms. The topological polar surface area (TPSA) is 198 Å². The maximum absolute atomic E-state index is 13.7. The van der Waals surface area contributed by atoms with Crippen LogP contribution in [0.25, 0.3) is 0 Å². The van der Waals surface area contributed by atoms with Crippen LogP contribution in [-0.2, 0) is 42.7 Å². The van der Waals surface area contributed by atoms with Crippen LogP contribution >= 0.6 is 0 Å². The van der Waals surface area contributed by atoms with Crippen molar-refractivity contribution in [2.45, 2.75) is 26.6 Å². The molecule has 2 unspecified atom stereocenters. The quantitative estimate of drug-likeness (QED) is 0.0645. The largest absolute Gasteiger partial charge is 0.464 e. The zero-order chi connectivity index (χ0) is 37.9. The van der Waals surface area contributed by atoms with Gasteiger partial charge in [-0.25, -0.2) is 14.4 Å². The Bertz CT molecular complexity index is 1580. The van der Waals surface area contributed by atoms with Crippen LogP contribution in [0, 0.1) is 5.92 Å². The maximum Gasteiger partial charge on any atom is 0.343 e. The van der Waals surface area contributed by atoms with Crippen LogP contribution in [0.3, 0.4) is 0 Å². The number of hydrogen-bond acceptors (Lipinski definition) is 16. The van der Waals surface area contributed by atoms with Crippen LogP contribution in [-0.4, -0.2) is 108 Å². The molecule has 1 aliphatic rings. The second-order valence-electron chi connectivity index (χ2n) is 10.8. The van der Waals surface area contributed by atoms with Gasteiger partial charge >= 0.3 is 29.8 Å². The number of carbonyl (C=O) groups excluding carboxylic acids is 5. The highest BCUT2D eigenvalue weighted by molar-refractivity contribution is 6.08. The molecule has 1 aliphatic carbocycles. The van der Waals surface area contributed by atoms with Gasteiger partial charge in [0.15, 0.2) is 0 Å². The number of benzene rings is 2. The van der Waals surface area contributed by atoms with Crippen molar-refractivity contribution in [2.75, 3.05) is 67.1 Å². The highest BCUT2D eigenvalue weighted by Crippen LogP contribution is 2.35. The van der Waals surface area contributed by atoms with Gasteiger partial charge in [-0.15, -0.1) is 0 Å². The van der Waals surface area contributed by atoms with Crippen LogP contribution in [0.4, 0.5) is 0 Å². The third-order valence-corrected chi connectivity index (χ3v) is 6.85. The van der Waals surface area contributed by atoms with E-state index in [-0.39, 0.29) is 68.9 Å². The molecule has 16 nitrogen and oxygen atoms in total. The van der Waals surface area contributed by atoms with Gasteiger partial charge in [-0.1, -0.05) is 6.08 Å². The number of allylic oxidation sites excluding steroid dienone is 2. The third kappa shape index (κ3) is 13.5. The Morgan fingerprint density at radius 1 is 0.673 bits per heavy atom. The Balaban J connectivity index is 1.98. The zero-order valence-corrected chi connectivity index (χ0v) is 29.3. The molecule has 0 fully saturated rings. The molecule has 0 spiro atoms. The smallest absolute Gasteiger partial charge is 0.343 e. The van der Waals surface area contributed by atoms with Gasteiger partial charge in [-0.2, -0.15) is 0 Å². The minimum Gasteiger partial charge on any atom is -0.464 e. The molecule has 0 saturated heterocycles. The molecule has 2 aromatic rings. The maximum atomic E-state index is 13.7. The summed E-state index contributed by atoms with van der Waals surface area (Å²) in [5, 5.41) is 11.1. The molecule has 2 aromatic carbocycles. The molecular formula is C36H42O16. The lowest BCUT2D eigenvalue weighted by molar-refractivity contribution is -0.136. The van der Waals surface area contributed by atoms with Crippen molar-refractivity contribution >= 4 is 29.8 Å². The van der Waals surface area contributed by atoms with Crippen LogP contribution in [0.5, 0.6) is 17.2 Å². The second kappa shape index (κ2) is 21.9. The van der Waals surface area contributed by atoms with Gasteiger partial charge in [-0.05, 0) is 55.0 Å². The summed E-state index contributed by atoms with van der Waals surface area (Å²) >= 11 is 0. The first-order valence-corrected chi connectivity index (χ1v) is 16.1. The molecule has 0 aromatic heterocycles. The minimum atomic E-state index is -1.57. The van der Waals surface area contributed by atoms with Gasteiger partial charge in [-0.3, -0.25) is 9.59 Å². The molecule has 0 amide bonds. The number of methoxy groups -OCH3 is 2. The number of ether oxygens (including phenoxy) is 10. The van der Waals surface area contributed by atoms with Crippen molar-refractivity contribution < 1.29 is 76.4 Å². The molecular weight excluding hydrogens is 688 g/mol. The molecule has 3 rings (SSSR count). The predicted octanol–water partition coefficient (Wildman–Crippen LogP) is 3.19. The summed E-state index contributed by atoms with van der Waals surface area (Å²) in [6.45, 7) is 3.00. The number of aliphatic hydroxyl groups excluding tert-OH is 1. The van der Waals surface area contributed by atoms with Gasteiger partial charge < -0.3 is 52.5 Å². The van der Waals surface area contributed by atoms with E-state index in [1.165, 1.54) is 70.5 Å². The SMILES string of the molecule is COCCOCCOC(=O)c1c(OC(=O)c2ccc(OC(C)=O)cc2)ccc(OC(O)C2C=CC(OC(C)=O)=CC2)c1C(=O)OCCOCCOC. The van der Waals surface area contributed by atoms with E-state index < -0.39 is 58.9 Å². The lowest BCUT2D eigenvalue weighted by atomic mass is 9.99. The first-order chi connectivity index (χ1) is 25.0. The second-order valence-corrected chi connectivity index (χ2v) is 10.8. The van der Waals surface area contributed by atoms with Crippen molar-refractivity contribution in [3.8, 4) is 17.2 Å². The molecule has 1 N–H and O–H groups in total. The molecule has 0 heterocycles. The average molecular weight is 731 g/mol. The van der Waals surface area contributed by atoms with E-state index in [0.29, 0.717) is 13.2 Å². The van der Waals surface area contributed by atoms with E-state index in [4.69, 9.17) is 47.4 Å². The van der Waals surface area contributed by atoms with Gasteiger partial charge in [0, 0.05) is 34.0 Å². The van der Waals surface area contributed by atoms with Crippen LogP contribution < -0.4 is 14.2 Å². The Labute approximate surface area is 300 Å². The Morgan fingerprint density at radius 3 is 1.73 bits per heavy atom. The van der Waals surface area contributed by atoms with Crippen LogP contribution in [0.15, 0.2) is 60.4 Å². The number of aliphatic hydroxyl groups is 1. The normalized spacial score (nSPS) is 14.1. The summed E-state index contributed by atoms with van der Waals surface area (Å²) in [6, 6.07) is 7.83. The Morgan fingerprint density at radius 2 is 1.21 bits per heavy atom. The van der Waals surface area contributed by atoms with E-state index in [0.717, 1.165) is 0 Å². The molecule has 0 bridgehead atoms. The molecule has 0 radical (unpaired) electrons. The summed E-state index contributed by atoms with van der Waals surface area (Å²) < 4.78 is 52.9. The first-order valence-electron chi connectivity index (χ1n) is 16.1. The average Bonchev–Trinajstić information content (AvgIpc) is 3.11. The van der Waals surface area contributed by atoms with Gasteiger partial charge in [0.05, 0.1) is 45.2 Å². The highest BCUT2D eigenvalue weighted by atomic mass is 16.6. The fourth-order valence-corrected chi connectivity index (χ4v) is 4.44. The Hall–Kier alpha value is -5.13. The van der Waals surface area contributed by atoms with Crippen molar-refractivity contribution in [2.24, 2.45) is 5.92 Å². The molecule has 2 atom stereocenters. The van der Waals surface area contributed by atoms with Crippen molar-refractivity contribution in [1.29, 1.82) is 0 Å². The van der Waals surface area contributed by atoms with E-state index in [9.17, 15) is 29.1 Å². The fraction of sp³-hybridized carbons (Fsp3) is 0.417. The summed E-state index contributed by atoms with van der Waals surface area (Å²) in [4.78, 5) is 63.3. The first kappa shape index (κ1) is 41.3. The van der Waals surface area contributed by atoms with Gasteiger partial charge in [0.2, 0.25) is 6.29 Å². The standard InChI is InChI=1S/C36H42O16/c1-23(37)49-27-9-5-25(6-10-27)33(39)51-29-13-14-30(52-34(40)26-7-11-28(12-8-26)50-24(2)38)32(36(42)48-22-20-46-18-16-44-4)31(29)35(41)47-21-19-45-17-15-43-3/h5-7,9-14,26,34,40H,8,15-22H2,1-4H3. The molecule has 0 saturated carbocycles. The molecule has 16 heteroatoms. The third-order valence-electron chi connectivity index (χ3n) is 6.85. The monoisotopic (exact) mass is 730 g/mol. The molecule has 0 aliphatic heterocycles. The lowest BCUT2D eigenvalue weighted by Crippen LogP contribution is -2.28. The van der Waals surface area contributed by atoms with Crippen LogP contribution in [0.1, 0.15) is 51.3 Å². The number of hydrogen-bond donors (Lipinski definition) is 1. The minimum absolute atomic E-state index is 0.0140. The summed E-state index contributed by atoms with van der Waals surface area (Å²) in [5.74, 6) is -5.07. The van der Waals surface area contributed by atoms with Gasteiger partial charge in [0.1, 0.15) is 47.3 Å². The van der Waals surface area contributed by atoms with Crippen molar-refractivity contribution in [1.82, 2.24) is 0 Å². The fourth-order valence-electron chi connectivity index (χ4n) is 4.44. The van der Waals surface area contributed by atoms with Gasteiger partial charge in [0.25, 0.3) is 0 Å². The number of carbonyl (C=O) groups is 5. The van der Waals surface area contributed by atoms with Crippen LogP contribution in [0.2, 0.25) is 0 Å². The zero-order valence-electron chi connectivity index (χ0n) is 29.3. The van der Waals surface area contributed by atoms with E-state index >= 15 is 0 Å². The predicted molar refractivity (Wildman–Crippen MR) is 179 cm³/mol. The molecule has 282 valence electrons. The van der Waals surface area contributed by atoms with E-state index in [1.54, 1.807) is 12.2 Å². The van der Waals surface area contributed by atoms with E-state index in [2.05, 4.69) is 0 Å². The lowest BCUT2D eigenvalue weighted by Gasteiger charge is -2.24. The highest BCUT2D eigenvalue weighted by Gasteiger charge is 2.32. The van der Waals surface area contributed by atoms with E-state index in [1.807, 2.05) is 0 Å². The van der Waals surface area contributed by atoms with Crippen molar-refractivity contribution in [3.63, 3.8) is 0 Å². The summed E-state index contributed by atoms with van der Waals surface area (Å²) in [6.07, 6.45) is 3.25. The van der Waals surface area contributed by atoms with Crippen molar-refractivity contribution in [3.05, 3.63) is 77.1 Å². The number of rotatable bonds is 21.